The Balaban J connectivity index is 2.13. The average molecular weight is 299 g/mol. The summed E-state index contributed by atoms with van der Waals surface area (Å²) < 4.78 is 0. The minimum Gasteiger partial charge on any atom is -0.329 e. The quantitative estimate of drug-likeness (QED) is 0.678. The molecule has 0 atom stereocenters. The molecule has 0 aliphatic carbocycles. The molecule has 0 aliphatic rings. The average Bonchev–Trinajstić information content (AvgIpc) is 2.96. The normalized spacial score (nSPS) is 10.7. The molecule has 0 saturated heterocycles. The monoisotopic (exact) mass is 299 g/mol. The molecule has 0 bridgehead atoms. The van der Waals surface area contributed by atoms with Crippen LogP contribution in [0.3, 0.4) is 0 Å². The number of aromatic amines is 1. The van der Waals surface area contributed by atoms with E-state index in [1.807, 2.05) is 37.5 Å². The van der Waals surface area contributed by atoms with Gasteiger partial charge in [-0.1, -0.05) is 18.7 Å². The van der Waals surface area contributed by atoms with Crippen molar-refractivity contribution in [3.63, 3.8) is 0 Å². The van der Waals surface area contributed by atoms with Crippen molar-refractivity contribution in [2.45, 2.75) is 6.54 Å². The van der Waals surface area contributed by atoms with Gasteiger partial charge in [-0.2, -0.15) is 5.10 Å². The van der Waals surface area contributed by atoms with Crippen molar-refractivity contribution in [3.05, 3.63) is 48.7 Å². The number of hydrogen-bond acceptors (Lipinski definition) is 4. The zero-order chi connectivity index (χ0) is 15.9. The molecule has 2 aromatic rings. The van der Waals surface area contributed by atoms with Crippen molar-refractivity contribution in [1.29, 1.82) is 0 Å². The molecule has 0 spiro atoms. The van der Waals surface area contributed by atoms with Gasteiger partial charge in [0.25, 0.3) is 0 Å². The predicted octanol–water partition coefficient (Wildman–Crippen LogP) is 1.59. The Morgan fingerprint density at radius 1 is 1.45 bits per heavy atom. The fourth-order valence-corrected chi connectivity index (χ4v) is 2.18. The topological polar surface area (TPSA) is 87.0 Å². The Labute approximate surface area is 130 Å². The number of nitrogens with two attached hydrogens (primary N) is 1. The zero-order valence-corrected chi connectivity index (χ0v) is 12.7. The van der Waals surface area contributed by atoms with E-state index in [0.29, 0.717) is 6.54 Å². The molecule has 22 heavy (non-hydrogen) atoms. The van der Waals surface area contributed by atoms with E-state index < -0.39 is 0 Å². The van der Waals surface area contributed by atoms with Crippen LogP contribution in [0.2, 0.25) is 0 Å². The summed E-state index contributed by atoms with van der Waals surface area (Å²) in [5.41, 5.74) is 9.41. The van der Waals surface area contributed by atoms with Crippen LogP contribution in [-0.4, -0.2) is 41.1 Å². The molecule has 2 rings (SSSR count). The lowest BCUT2D eigenvalue weighted by atomic mass is 10.1. The van der Waals surface area contributed by atoms with Gasteiger partial charge in [-0.25, -0.2) is 0 Å². The number of hydrogen-bond donors (Lipinski definition) is 3. The summed E-state index contributed by atoms with van der Waals surface area (Å²) in [6.45, 7) is 5.66. The molecular formula is C16H21N5O. The van der Waals surface area contributed by atoms with Crippen molar-refractivity contribution in [3.8, 4) is 11.3 Å². The molecule has 0 fully saturated rings. The van der Waals surface area contributed by atoms with Crippen molar-refractivity contribution in [1.82, 2.24) is 15.1 Å². The second kappa shape index (κ2) is 7.53. The Morgan fingerprint density at radius 3 is 2.82 bits per heavy atom. The largest absolute Gasteiger partial charge is 0.329 e. The first-order chi connectivity index (χ1) is 10.6. The SMILES string of the molecule is C=CC(=O)Nc1ccc(-c2[nH]ncc2CN(C)CCN)cc1. The molecule has 116 valence electrons. The molecule has 0 aliphatic heterocycles. The van der Waals surface area contributed by atoms with Crippen molar-refractivity contribution in [2.24, 2.45) is 5.73 Å². The van der Waals surface area contributed by atoms with Gasteiger partial charge < -0.3 is 16.0 Å². The highest BCUT2D eigenvalue weighted by Crippen LogP contribution is 2.23. The van der Waals surface area contributed by atoms with Gasteiger partial charge in [0.2, 0.25) is 5.91 Å². The molecule has 6 nitrogen and oxygen atoms in total. The fourth-order valence-electron chi connectivity index (χ4n) is 2.18. The Bertz CT molecular complexity index is 632. The molecule has 1 aromatic heterocycles. The number of carbonyl (C=O) groups is 1. The number of nitrogens with zero attached hydrogens (tertiary/aromatic N) is 2. The molecule has 1 amide bonds. The van der Waals surface area contributed by atoms with Crippen LogP contribution < -0.4 is 11.1 Å². The summed E-state index contributed by atoms with van der Waals surface area (Å²) in [5, 5.41) is 9.88. The standard InChI is InChI=1S/C16H21N5O/c1-3-15(22)19-14-6-4-12(5-7-14)16-13(10-18-20-16)11-21(2)9-8-17/h3-7,10H,1,8-9,11,17H2,2H3,(H,18,20)(H,19,22). The van der Waals surface area contributed by atoms with Crippen LogP contribution in [0, 0.1) is 0 Å². The molecule has 4 N–H and O–H groups in total. The first-order valence-electron chi connectivity index (χ1n) is 7.08. The van der Waals surface area contributed by atoms with E-state index in [-0.39, 0.29) is 5.91 Å². The second-order valence-electron chi connectivity index (χ2n) is 5.07. The fraction of sp³-hybridized carbons (Fsp3) is 0.250. The summed E-state index contributed by atoms with van der Waals surface area (Å²) >= 11 is 0. The number of aromatic nitrogens is 2. The van der Waals surface area contributed by atoms with E-state index in [1.54, 1.807) is 0 Å². The van der Waals surface area contributed by atoms with Gasteiger partial charge in [0.05, 0.1) is 11.9 Å². The van der Waals surface area contributed by atoms with Gasteiger partial charge in [0.1, 0.15) is 0 Å². The van der Waals surface area contributed by atoms with Gasteiger partial charge in [-0.15, -0.1) is 0 Å². The summed E-state index contributed by atoms with van der Waals surface area (Å²) in [5.74, 6) is -0.224. The Hall–Kier alpha value is -2.44. The molecule has 1 aromatic carbocycles. The van der Waals surface area contributed by atoms with E-state index in [4.69, 9.17) is 5.73 Å². The van der Waals surface area contributed by atoms with Crippen molar-refractivity contribution in [2.75, 3.05) is 25.5 Å². The van der Waals surface area contributed by atoms with Crippen LogP contribution in [0.4, 0.5) is 5.69 Å². The lowest BCUT2D eigenvalue weighted by Gasteiger charge is -2.15. The van der Waals surface area contributed by atoms with Crippen LogP contribution >= 0.6 is 0 Å². The number of anilines is 1. The third-order valence-corrected chi connectivity index (χ3v) is 3.30. The maximum atomic E-state index is 11.3. The van der Waals surface area contributed by atoms with Crippen LogP contribution in [0.25, 0.3) is 11.3 Å². The van der Waals surface area contributed by atoms with Gasteiger partial charge in [-0.3, -0.25) is 9.89 Å². The maximum Gasteiger partial charge on any atom is 0.247 e. The first-order valence-corrected chi connectivity index (χ1v) is 7.08. The van der Waals surface area contributed by atoms with Crippen LogP contribution in [0.15, 0.2) is 43.1 Å². The summed E-state index contributed by atoms with van der Waals surface area (Å²) in [7, 11) is 2.03. The van der Waals surface area contributed by atoms with Crippen LogP contribution in [-0.2, 0) is 11.3 Å². The number of nitrogens with one attached hydrogen (secondary N) is 2. The molecule has 6 heteroatoms. The van der Waals surface area contributed by atoms with E-state index >= 15 is 0 Å². The first kappa shape index (κ1) is 15.9. The smallest absolute Gasteiger partial charge is 0.247 e. The number of rotatable bonds is 7. The summed E-state index contributed by atoms with van der Waals surface area (Å²) in [4.78, 5) is 13.4. The second-order valence-corrected chi connectivity index (χ2v) is 5.07. The van der Waals surface area contributed by atoms with E-state index in [0.717, 1.165) is 35.6 Å². The minimum atomic E-state index is -0.224. The molecule has 1 heterocycles. The zero-order valence-electron chi connectivity index (χ0n) is 12.7. The van der Waals surface area contributed by atoms with Crippen LogP contribution in [0.1, 0.15) is 5.56 Å². The molecule has 0 radical (unpaired) electrons. The lowest BCUT2D eigenvalue weighted by molar-refractivity contribution is -0.111. The van der Waals surface area contributed by atoms with E-state index in [2.05, 4.69) is 27.0 Å². The molecular weight excluding hydrogens is 278 g/mol. The van der Waals surface area contributed by atoms with Crippen LogP contribution in [0.5, 0.6) is 0 Å². The summed E-state index contributed by atoms with van der Waals surface area (Å²) in [6, 6.07) is 7.59. The lowest BCUT2D eigenvalue weighted by Crippen LogP contribution is -2.25. The minimum absolute atomic E-state index is 0.224. The predicted molar refractivity (Wildman–Crippen MR) is 88.2 cm³/mol. The number of amides is 1. The molecule has 0 saturated carbocycles. The summed E-state index contributed by atoms with van der Waals surface area (Å²) in [6.07, 6.45) is 3.07. The van der Waals surface area contributed by atoms with Gasteiger partial charge in [0.15, 0.2) is 0 Å². The highest BCUT2D eigenvalue weighted by atomic mass is 16.1. The highest BCUT2D eigenvalue weighted by Gasteiger charge is 2.10. The van der Waals surface area contributed by atoms with Gasteiger partial charge in [0, 0.05) is 36.4 Å². The third-order valence-electron chi connectivity index (χ3n) is 3.30. The van der Waals surface area contributed by atoms with Gasteiger partial charge in [-0.05, 0) is 25.3 Å². The van der Waals surface area contributed by atoms with E-state index in [9.17, 15) is 4.79 Å². The number of H-pyrrole nitrogens is 1. The number of carbonyl (C=O) groups excluding carboxylic acids is 1. The third kappa shape index (κ3) is 4.03. The number of benzene rings is 1. The van der Waals surface area contributed by atoms with E-state index in [1.165, 1.54) is 6.08 Å². The number of likely N-dealkylation sites (N-methyl/N-ethyl adjacent to an activating group) is 1. The highest BCUT2D eigenvalue weighted by molar-refractivity contribution is 5.98. The van der Waals surface area contributed by atoms with Crippen molar-refractivity contribution < 1.29 is 4.79 Å². The Morgan fingerprint density at radius 2 is 2.18 bits per heavy atom. The Kier molecular flexibility index (Phi) is 5.46. The molecule has 0 unspecified atom stereocenters. The van der Waals surface area contributed by atoms with Crippen molar-refractivity contribution >= 4 is 11.6 Å². The van der Waals surface area contributed by atoms with Gasteiger partial charge >= 0.3 is 0 Å². The maximum absolute atomic E-state index is 11.3.